The molecule has 1 aromatic carbocycles. The van der Waals surface area contributed by atoms with Crippen LogP contribution < -0.4 is 11.1 Å². The molecule has 8 heteroatoms. The third kappa shape index (κ3) is 3.09. The first kappa shape index (κ1) is 13.9. The first-order valence-electron chi connectivity index (χ1n) is 5.01. The summed E-state index contributed by atoms with van der Waals surface area (Å²) in [6.07, 6.45) is 2.91. The normalized spacial score (nSPS) is 10.3. The predicted octanol–water partition coefficient (Wildman–Crippen LogP) is 3.30. The van der Waals surface area contributed by atoms with Gasteiger partial charge in [-0.25, -0.2) is 14.4 Å². The second-order valence-electron chi connectivity index (χ2n) is 3.49. The molecule has 2 aromatic rings. The van der Waals surface area contributed by atoms with Crippen molar-refractivity contribution in [3.63, 3.8) is 0 Å². The molecular formula is C11H7Cl2FN4S. The minimum atomic E-state index is -0.533. The van der Waals surface area contributed by atoms with Crippen LogP contribution in [0.2, 0.25) is 10.0 Å². The van der Waals surface area contributed by atoms with E-state index >= 15 is 0 Å². The largest absolute Gasteiger partial charge is 0.388 e. The van der Waals surface area contributed by atoms with Gasteiger partial charge in [-0.3, -0.25) is 0 Å². The standard InChI is InChI=1S/C11H7Cl2FN4S/c12-6-3-5(14)4-7(13)8(6)18-11-9(10(15)19)16-1-2-17-11/h1-4H,(H2,15,19)(H,17,18). The van der Waals surface area contributed by atoms with Crippen LogP contribution in [0.3, 0.4) is 0 Å². The quantitative estimate of drug-likeness (QED) is 0.851. The van der Waals surface area contributed by atoms with E-state index in [2.05, 4.69) is 15.3 Å². The van der Waals surface area contributed by atoms with Gasteiger partial charge in [0.15, 0.2) is 5.82 Å². The van der Waals surface area contributed by atoms with Gasteiger partial charge in [-0.05, 0) is 12.1 Å². The number of halogens is 3. The average Bonchev–Trinajstić information content (AvgIpc) is 2.34. The van der Waals surface area contributed by atoms with Crippen LogP contribution in [0.15, 0.2) is 24.5 Å². The molecule has 0 atom stereocenters. The Labute approximate surface area is 123 Å². The smallest absolute Gasteiger partial charge is 0.159 e. The summed E-state index contributed by atoms with van der Waals surface area (Å²) in [6.45, 7) is 0. The maximum absolute atomic E-state index is 13.1. The molecule has 0 fully saturated rings. The number of nitrogens with one attached hydrogen (secondary N) is 1. The van der Waals surface area contributed by atoms with Gasteiger partial charge in [0, 0.05) is 12.4 Å². The third-order valence-electron chi connectivity index (χ3n) is 2.18. The maximum atomic E-state index is 13.1. The Morgan fingerprint density at radius 2 is 1.79 bits per heavy atom. The van der Waals surface area contributed by atoms with Crippen molar-refractivity contribution in [3.8, 4) is 0 Å². The number of aromatic nitrogens is 2. The van der Waals surface area contributed by atoms with Gasteiger partial charge < -0.3 is 11.1 Å². The van der Waals surface area contributed by atoms with Crippen molar-refractivity contribution in [1.82, 2.24) is 9.97 Å². The van der Waals surface area contributed by atoms with Crippen LogP contribution in [0.4, 0.5) is 15.9 Å². The van der Waals surface area contributed by atoms with Crippen LogP contribution in [0.1, 0.15) is 5.69 Å². The average molecular weight is 317 g/mol. The Hall–Kier alpha value is -1.50. The highest BCUT2D eigenvalue weighted by atomic mass is 35.5. The number of thiocarbonyl (C=S) groups is 1. The molecule has 0 radical (unpaired) electrons. The van der Waals surface area contributed by atoms with Crippen molar-refractivity contribution in [2.24, 2.45) is 5.73 Å². The minimum Gasteiger partial charge on any atom is -0.388 e. The molecule has 0 saturated carbocycles. The Morgan fingerprint density at radius 1 is 1.21 bits per heavy atom. The topological polar surface area (TPSA) is 63.8 Å². The van der Waals surface area contributed by atoms with Crippen molar-refractivity contribution in [1.29, 1.82) is 0 Å². The lowest BCUT2D eigenvalue weighted by Gasteiger charge is -2.12. The number of anilines is 2. The summed E-state index contributed by atoms with van der Waals surface area (Å²) < 4.78 is 13.1. The van der Waals surface area contributed by atoms with Crippen molar-refractivity contribution >= 4 is 51.9 Å². The fourth-order valence-corrected chi connectivity index (χ4v) is 2.09. The van der Waals surface area contributed by atoms with Gasteiger partial charge in [0.25, 0.3) is 0 Å². The van der Waals surface area contributed by atoms with Crippen LogP contribution >= 0.6 is 35.4 Å². The molecule has 0 saturated heterocycles. The van der Waals surface area contributed by atoms with Crippen LogP contribution in [0.25, 0.3) is 0 Å². The first-order chi connectivity index (χ1) is 8.99. The molecule has 0 aliphatic carbocycles. The zero-order valence-electron chi connectivity index (χ0n) is 9.32. The summed E-state index contributed by atoms with van der Waals surface area (Å²) >= 11 is 16.7. The first-order valence-corrected chi connectivity index (χ1v) is 6.18. The summed E-state index contributed by atoms with van der Waals surface area (Å²) in [7, 11) is 0. The SMILES string of the molecule is NC(=S)c1nccnc1Nc1c(Cl)cc(F)cc1Cl. The van der Waals surface area contributed by atoms with Gasteiger partial charge in [-0.15, -0.1) is 0 Å². The molecule has 0 unspecified atom stereocenters. The Balaban J connectivity index is 2.45. The number of rotatable bonds is 3. The van der Waals surface area contributed by atoms with E-state index in [9.17, 15) is 4.39 Å². The zero-order chi connectivity index (χ0) is 14.0. The summed E-state index contributed by atoms with van der Waals surface area (Å²) in [6, 6.07) is 2.26. The number of hydrogen-bond acceptors (Lipinski definition) is 4. The molecule has 2 rings (SSSR count). The molecular weight excluding hydrogens is 310 g/mol. The second-order valence-corrected chi connectivity index (χ2v) is 4.74. The summed E-state index contributed by atoms with van der Waals surface area (Å²) in [5.41, 5.74) is 6.14. The number of hydrogen-bond donors (Lipinski definition) is 2. The summed E-state index contributed by atoms with van der Waals surface area (Å²) in [4.78, 5) is 8.12. The molecule has 0 amide bonds. The highest BCUT2D eigenvalue weighted by Crippen LogP contribution is 2.33. The Kier molecular flexibility index (Phi) is 4.14. The highest BCUT2D eigenvalue weighted by Gasteiger charge is 2.13. The Bertz CT molecular complexity index is 627. The second kappa shape index (κ2) is 5.64. The van der Waals surface area contributed by atoms with E-state index in [1.807, 2.05) is 0 Å². The van der Waals surface area contributed by atoms with Crippen LogP contribution in [-0.4, -0.2) is 15.0 Å². The van der Waals surface area contributed by atoms with E-state index < -0.39 is 5.82 Å². The summed E-state index contributed by atoms with van der Waals surface area (Å²) in [5.74, 6) is -0.236. The monoisotopic (exact) mass is 316 g/mol. The molecule has 1 aromatic heterocycles. The van der Waals surface area contributed by atoms with Gasteiger partial charge >= 0.3 is 0 Å². The number of nitrogens with two attached hydrogens (primary N) is 1. The number of nitrogens with zero attached hydrogens (tertiary/aromatic N) is 2. The van der Waals surface area contributed by atoms with Crippen LogP contribution in [-0.2, 0) is 0 Å². The molecule has 0 aliphatic rings. The molecule has 3 N–H and O–H groups in total. The zero-order valence-corrected chi connectivity index (χ0v) is 11.7. The molecule has 0 spiro atoms. The van der Waals surface area contributed by atoms with E-state index in [4.69, 9.17) is 41.2 Å². The highest BCUT2D eigenvalue weighted by molar-refractivity contribution is 7.80. The van der Waals surface area contributed by atoms with Gasteiger partial charge in [-0.2, -0.15) is 0 Å². The maximum Gasteiger partial charge on any atom is 0.159 e. The molecule has 4 nitrogen and oxygen atoms in total. The van der Waals surface area contributed by atoms with E-state index in [1.165, 1.54) is 12.4 Å². The lowest BCUT2D eigenvalue weighted by Crippen LogP contribution is -2.15. The van der Waals surface area contributed by atoms with Crippen molar-refractivity contribution in [2.45, 2.75) is 0 Å². The van der Waals surface area contributed by atoms with Gasteiger partial charge in [-0.1, -0.05) is 35.4 Å². The van der Waals surface area contributed by atoms with Gasteiger partial charge in [0.05, 0.1) is 15.7 Å². The van der Waals surface area contributed by atoms with Gasteiger partial charge in [0.2, 0.25) is 0 Å². The molecule has 98 valence electrons. The number of benzene rings is 1. The lowest BCUT2D eigenvalue weighted by molar-refractivity contribution is 0.628. The molecule has 0 bridgehead atoms. The molecule has 19 heavy (non-hydrogen) atoms. The van der Waals surface area contributed by atoms with Crippen molar-refractivity contribution in [3.05, 3.63) is 46.1 Å². The van der Waals surface area contributed by atoms with E-state index in [1.54, 1.807) is 0 Å². The molecule has 1 heterocycles. The van der Waals surface area contributed by atoms with E-state index in [-0.39, 0.29) is 15.0 Å². The fourth-order valence-electron chi connectivity index (χ4n) is 1.39. The van der Waals surface area contributed by atoms with Crippen molar-refractivity contribution in [2.75, 3.05) is 5.32 Å². The third-order valence-corrected chi connectivity index (χ3v) is 2.97. The molecule has 0 aliphatic heterocycles. The minimum absolute atomic E-state index is 0.0740. The summed E-state index contributed by atoms with van der Waals surface area (Å²) in [5, 5.41) is 3.08. The van der Waals surface area contributed by atoms with Crippen molar-refractivity contribution < 1.29 is 4.39 Å². The van der Waals surface area contributed by atoms with Crippen LogP contribution in [0.5, 0.6) is 0 Å². The van der Waals surface area contributed by atoms with Gasteiger partial charge in [0.1, 0.15) is 16.5 Å². The fraction of sp³-hybridized carbons (Fsp3) is 0. The predicted molar refractivity (Wildman–Crippen MR) is 77.6 cm³/mol. The van der Waals surface area contributed by atoms with Crippen LogP contribution in [0, 0.1) is 5.82 Å². The van der Waals surface area contributed by atoms with E-state index in [0.29, 0.717) is 17.2 Å². The Morgan fingerprint density at radius 3 is 2.37 bits per heavy atom. The lowest BCUT2D eigenvalue weighted by atomic mass is 10.3. The van der Waals surface area contributed by atoms with E-state index in [0.717, 1.165) is 12.1 Å².